The molecular weight excluding hydrogens is 360 g/mol. The highest BCUT2D eigenvalue weighted by atomic mass is 35.5. The largest absolute Gasteiger partial charge is 0.493 e. The fourth-order valence-electron chi connectivity index (χ4n) is 2.17. The van der Waals surface area contributed by atoms with Gasteiger partial charge in [-0.2, -0.15) is 0 Å². The third-order valence-electron chi connectivity index (χ3n) is 3.33. The van der Waals surface area contributed by atoms with E-state index in [0.29, 0.717) is 11.5 Å². The Balaban J connectivity index is 2.03. The zero-order valence-corrected chi connectivity index (χ0v) is 14.9. The highest BCUT2D eigenvalue weighted by Gasteiger charge is 2.14. The summed E-state index contributed by atoms with van der Waals surface area (Å²) in [6, 6.07) is 9.33. The average molecular weight is 377 g/mol. The molecule has 0 fully saturated rings. The maximum absolute atomic E-state index is 12.0. The van der Waals surface area contributed by atoms with Gasteiger partial charge in [0, 0.05) is 11.8 Å². The van der Waals surface area contributed by atoms with E-state index < -0.39 is 10.8 Å². The van der Waals surface area contributed by atoms with E-state index in [2.05, 4.69) is 5.32 Å². The van der Waals surface area contributed by atoms with Crippen molar-refractivity contribution < 1.29 is 19.2 Å². The number of ether oxygens (including phenoxy) is 2. The molecule has 26 heavy (non-hydrogen) atoms. The number of anilines is 1. The monoisotopic (exact) mass is 376 g/mol. The summed E-state index contributed by atoms with van der Waals surface area (Å²) in [6.45, 7) is 1.62. The quantitative estimate of drug-likeness (QED) is 0.574. The molecular formula is C18H17ClN2O5. The van der Waals surface area contributed by atoms with E-state index in [-0.39, 0.29) is 23.0 Å². The number of carbonyl (C=O) groups excluding carboxylic acids is 1. The van der Waals surface area contributed by atoms with Crippen molar-refractivity contribution in [3.63, 3.8) is 0 Å². The van der Waals surface area contributed by atoms with Crippen molar-refractivity contribution >= 4 is 35.0 Å². The van der Waals surface area contributed by atoms with Crippen molar-refractivity contribution in [3.8, 4) is 11.5 Å². The molecule has 0 aliphatic heterocycles. The van der Waals surface area contributed by atoms with Gasteiger partial charge in [0.25, 0.3) is 11.6 Å². The second kappa shape index (κ2) is 8.87. The lowest BCUT2D eigenvalue weighted by Crippen LogP contribution is -2.20. The molecule has 8 heteroatoms. The first-order valence-electron chi connectivity index (χ1n) is 7.62. The van der Waals surface area contributed by atoms with Gasteiger partial charge in [0.15, 0.2) is 18.1 Å². The molecule has 7 nitrogen and oxygen atoms in total. The first kappa shape index (κ1) is 19.3. The molecule has 0 atom stereocenters. The van der Waals surface area contributed by atoms with Crippen LogP contribution >= 0.6 is 11.6 Å². The molecule has 0 saturated heterocycles. The van der Waals surface area contributed by atoms with Crippen molar-refractivity contribution in [2.45, 2.75) is 6.92 Å². The van der Waals surface area contributed by atoms with E-state index in [1.807, 2.05) is 25.1 Å². The molecule has 2 aromatic rings. The number of nitrogens with zero attached hydrogens (tertiary/aromatic N) is 1. The number of methoxy groups -OCH3 is 1. The molecule has 1 N–H and O–H groups in total. The molecule has 1 amide bonds. The van der Waals surface area contributed by atoms with Crippen LogP contribution in [-0.2, 0) is 4.79 Å². The molecule has 0 aromatic heterocycles. The highest BCUT2D eigenvalue weighted by molar-refractivity contribution is 6.32. The fourth-order valence-corrected chi connectivity index (χ4v) is 2.36. The van der Waals surface area contributed by atoms with Crippen LogP contribution in [0.5, 0.6) is 11.5 Å². The Kier molecular flexibility index (Phi) is 6.57. The smallest absolute Gasteiger partial charge is 0.289 e. The lowest BCUT2D eigenvalue weighted by molar-refractivity contribution is -0.384. The van der Waals surface area contributed by atoms with Crippen molar-refractivity contribution in [1.82, 2.24) is 0 Å². The van der Waals surface area contributed by atoms with Crippen molar-refractivity contribution in [1.29, 1.82) is 0 Å². The first-order chi connectivity index (χ1) is 12.4. The van der Waals surface area contributed by atoms with Gasteiger partial charge in [0.2, 0.25) is 0 Å². The number of nitrogens with one attached hydrogen (secondary N) is 1. The van der Waals surface area contributed by atoms with Crippen LogP contribution in [0.3, 0.4) is 0 Å². The highest BCUT2D eigenvalue weighted by Crippen LogP contribution is 2.29. The molecule has 2 rings (SSSR count). The molecule has 2 aromatic carbocycles. The van der Waals surface area contributed by atoms with Crippen LogP contribution in [0.1, 0.15) is 12.5 Å². The summed E-state index contributed by atoms with van der Waals surface area (Å²) >= 11 is 5.74. The van der Waals surface area contributed by atoms with Crippen LogP contribution in [-0.4, -0.2) is 24.5 Å². The number of allylic oxidation sites excluding steroid dienone is 1. The number of amides is 1. The van der Waals surface area contributed by atoms with Crippen molar-refractivity contribution in [2.75, 3.05) is 19.0 Å². The van der Waals surface area contributed by atoms with Crippen molar-refractivity contribution in [3.05, 3.63) is 63.2 Å². The van der Waals surface area contributed by atoms with Gasteiger partial charge < -0.3 is 14.8 Å². The van der Waals surface area contributed by atoms with Crippen LogP contribution in [0.25, 0.3) is 6.08 Å². The molecule has 0 unspecified atom stereocenters. The normalized spacial score (nSPS) is 10.6. The van der Waals surface area contributed by atoms with Gasteiger partial charge in [-0.25, -0.2) is 0 Å². The van der Waals surface area contributed by atoms with Gasteiger partial charge in [0.1, 0.15) is 5.02 Å². The molecule has 0 spiro atoms. The van der Waals surface area contributed by atoms with E-state index >= 15 is 0 Å². The molecule has 0 heterocycles. The number of nitro groups is 1. The Morgan fingerprint density at radius 1 is 1.27 bits per heavy atom. The number of nitro benzene ring substituents is 1. The Hall–Kier alpha value is -3.06. The predicted octanol–water partition coefficient (Wildman–Crippen LogP) is 4.31. The van der Waals surface area contributed by atoms with Crippen LogP contribution in [0.2, 0.25) is 5.02 Å². The number of benzene rings is 2. The number of rotatable bonds is 7. The van der Waals surface area contributed by atoms with E-state index in [4.69, 9.17) is 21.1 Å². The summed E-state index contributed by atoms with van der Waals surface area (Å²) in [5.74, 6) is 0.440. The Labute approximate surface area is 155 Å². The van der Waals surface area contributed by atoms with E-state index in [0.717, 1.165) is 5.56 Å². The summed E-state index contributed by atoms with van der Waals surface area (Å²) in [5.41, 5.74) is 0.909. The lowest BCUT2D eigenvalue weighted by Gasteiger charge is -2.11. The Bertz CT molecular complexity index is 851. The minimum Gasteiger partial charge on any atom is -0.493 e. The topological polar surface area (TPSA) is 90.7 Å². The Morgan fingerprint density at radius 3 is 2.69 bits per heavy atom. The fraction of sp³-hybridized carbons (Fsp3) is 0.167. The summed E-state index contributed by atoms with van der Waals surface area (Å²) in [5, 5.41) is 13.4. The standard InChI is InChI=1S/C18H17ClN2O5/c1-3-4-12-5-8-16(17(9-12)25-2)26-11-18(22)20-13-6-7-14(19)15(10-13)21(23)24/h3-10H,11H2,1-2H3,(H,20,22)/b4-3+. The van der Waals surface area contributed by atoms with Gasteiger partial charge >= 0.3 is 0 Å². The summed E-state index contributed by atoms with van der Waals surface area (Å²) < 4.78 is 10.7. The zero-order chi connectivity index (χ0) is 19.1. The molecule has 0 radical (unpaired) electrons. The van der Waals surface area contributed by atoms with Crippen LogP contribution < -0.4 is 14.8 Å². The third-order valence-corrected chi connectivity index (χ3v) is 3.65. The average Bonchev–Trinajstić information content (AvgIpc) is 2.62. The zero-order valence-electron chi connectivity index (χ0n) is 14.2. The van der Waals surface area contributed by atoms with Gasteiger partial charge in [-0.15, -0.1) is 0 Å². The van der Waals surface area contributed by atoms with Gasteiger partial charge in [-0.05, 0) is 36.8 Å². The number of halogens is 1. The summed E-state index contributed by atoms with van der Waals surface area (Å²) in [4.78, 5) is 22.3. The van der Waals surface area contributed by atoms with Gasteiger partial charge in [-0.1, -0.05) is 29.8 Å². The molecule has 0 saturated carbocycles. The number of carbonyl (C=O) groups is 1. The third kappa shape index (κ3) is 4.97. The van der Waals surface area contributed by atoms with E-state index in [1.54, 1.807) is 12.1 Å². The molecule has 136 valence electrons. The molecule has 0 aliphatic rings. The summed E-state index contributed by atoms with van der Waals surface area (Å²) in [6.07, 6.45) is 3.81. The number of hydrogen-bond acceptors (Lipinski definition) is 5. The van der Waals surface area contributed by atoms with Crippen LogP contribution in [0.15, 0.2) is 42.5 Å². The van der Waals surface area contributed by atoms with E-state index in [1.165, 1.54) is 25.3 Å². The maximum Gasteiger partial charge on any atom is 0.289 e. The summed E-state index contributed by atoms with van der Waals surface area (Å²) in [7, 11) is 1.51. The minimum atomic E-state index is -0.619. The van der Waals surface area contributed by atoms with Gasteiger partial charge in [0.05, 0.1) is 12.0 Å². The van der Waals surface area contributed by atoms with Crippen LogP contribution in [0, 0.1) is 10.1 Å². The first-order valence-corrected chi connectivity index (χ1v) is 7.99. The predicted molar refractivity (Wildman–Crippen MR) is 99.9 cm³/mol. The maximum atomic E-state index is 12.0. The minimum absolute atomic E-state index is 0.00444. The Morgan fingerprint density at radius 2 is 2.04 bits per heavy atom. The number of hydrogen-bond donors (Lipinski definition) is 1. The molecule has 0 bridgehead atoms. The van der Waals surface area contributed by atoms with Crippen molar-refractivity contribution in [2.24, 2.45) is 0 Å². The van der Waals surface area contributed by atoms with E-state index in [9.17, 15) is 14.9 Å². The second-order valence-electron chi connectivity index (χ2n) is 5.17. The van der Waals surface area contributed by atoms with Gasteiger partial charge in [-0.3, -0.25) is 14.9 Å². The second-order valence-corrected chi connectivity index (χ2v) is 5.58. The van der Waals surface area contributed by atoms with Crippen LogP contribution in [0.4, 0.5) is 11.4 Å². The lowest BCUT2D eigenvalue weighted by atomic mass is 10.2. The molecule has 0 aliphatic carbocycles. The SMILES string of the molecule is C/C=C/c1ccc(OCC(=O)Nc2ccc(Cl)c([N+](=O)[O-])c2)c(OC)c1.